The highest BCUT2D eigenvalue weighted by molar-refractivity contribution is 5.59. The van der Waals surface area contributed by atoms with E-state index in [4.69, 9.17) is 10.5 Å². The average molecular weight is 257 g/mol. The summed E-state index contributed by atoms with van der Waals surface area (Å²) in [6.45, 7) is 4.04. The smallest absolute Gasteiger partial charge is 0.126 e. The van der Waals surface area contributed by atoms with Crippen LogP contribution < -0.4 is 10.5 Å². The number of hydrogen-bond acceptors (Lipinski definition) is 3. The topological polar surface area (TPSA) is 63.9 Å². The summed E-state index contributed by atoms with van der Waals surface area (Å²) in [6.07, 6.45) is 4.07. The van der Waals surface area contributed by atoms with Crippen molar-refractivity contribution in [3.8, 4) is 17.0 Å². The number of benzene rings is 1. The molecule has 1 saturated carbocycles. The molecule has 4 heteroatoms. The van der Waals surface area contributed by atoms with Crippen molar-refractivity contribution in [1.29, 1.82) is 0 Å². The van der Waals surface area contributed by atoms with Crippen LogP contribution in [0.4, 0.5) is 0 Å². The van der Waals surface area contributed by atoms with Gasteiger partial charge in [0.1, 0.15) is 11.6 Å². The first-order valence-electron chi connectivity index (χ1n) is 6.68. The summed E-state index contributed by atoms with van der Waals surface area (Å²) in [4.78, 5) is 7.70. The van der Waals surface area contributed by atoms with Crippen molar-refractivity contribution in [2.45, 2.75) is 38.3 Å². The summed E-state index contributed by atoms with van der Waals surface area (Å²) in [5.74, 6) is 1.78. The second-order valence-corrected chi connectivity index (χ2v) is 5.49. The average Bonchev–Trinajstić information content (AvgIpc) is 2.93. The minimum atomic E-state index is -0.209. The highest BCUT2D eigenvalue weighted by Crippen LogP contribution is 2.41. The third-order valence-electron chi connectivity index (χ3n) is 3.37. The Labute approximate surface area is 113 Å². The predicted octanol–water partition coefficient (Wildman–Crippen LogP) is 2.81. The van der Waals surface area contributed by atoms with Gasteiger partial charge < -0.3 is 15.5 Å². The fraction of sp³-hybridized carbons (Fsp3) is 0.400. The van der Waals surface area contributed by atoms with Crippen LogP contribution in [0.1, 0.15) is 32.5 Å². The SMILES string of the molecule is CC(C)Oc1ccc(-c2cnc(C3(N)CC3)[nH]2)cc1. The molecule has 1 aromatic heterocycles. The highest BCUT2D eigenvalue weighted by atomic mass is 16.5. The molecule has 100 valence electrons. The monoisotopic (exact) mass is 257 g/mol. The van der Waals surface area contributed by atoms with Crippen molar-refractivity contribution >= 4 is 0 Å². The van der Waals surface area contributed by atoms with Gasteiger partial charge in [0, 0.05) is 0 Å². The lowest BCUT2D eigenvalue weighted by molar-refractivity contribution is 0.242. The van der Waals surface area contributed by atoms with Gasteiger partial charge in [-0.3, -0.25) is 0 Å². The van der Waals surface area contributed by atoms with E-state index in [0.29, 0.717) is 0 Å². The molecule has 3 N–H and O–H groups in total. The van der Waals surface area contributed by atoms with Crippen LogP contribution in [-0.4, -0.2) is 16.1 Å². The minimum Gasteiger partial charge on any atom is -0.491 e. The molecule has 0 saturated heterocycles. The largest absolute Gasteiger partial charge is 0.491 e. The first-order chi connectivity index (χ1) is 9.07. The van der Waals surface area contributed by atoms with E-state index < -0.39 is 0 Å². The molecule has 2 aromatic rings. The molecule has 1 aliphatic rings. The fourth-order valence-corrected chi connectivity index (χ4v) is 2.08. The van der Waals surface area contributed by atoms with Crippen molar-refractivity contribution in [2.24, 2.45) is 5.73 Å². The van der Waals surface area contributed by atoms with Gasteiger partial charge >= 0.3 is 0 Å². The first kappa shape index (κ1) is 12.2. The van der Waals surface area contributed by atoms with Gasteiger partial charge in [-0.25, -0.2) is 4.98 Å². The quantitative estimate of drug-likeness (QED) is 0.885. The standard InChI is InChI=1S/C15H19N3O/c1-10(2)19-12-5-3-11(4-6-12)13-9-17-14(18-13)15(16)7-8-15/h3-6,9-10H,7-8,16H2,1-2H3,(H,17,18). The van der Waals surface area contributed by atoms with Gasteiger partial charge in [0.05, 0.1) is 23.5 Å². The highest BCUT2D eigenvalue weighted by Gasteiger charge is 2.42. The van der Waals surface area contributed by atoms with E-state index in [9.17, 15) is 0 Å². The van der Waals surface area contributed by atoms with Gasteiger partial charge in [-0.2, -0.15) is 0 Å². The lowest BCUT2D eigenvalue weighted by atomic mass is 10.1. The summed E-state index contributed by atoms with van der Waals surface area (Å²) < 4.78 is 5.63. The third kappa shape index (κ3) is 2.49. The van der Waals surface area contributed by atoms with Gasteiger partial charge in [0.2, 0.25) is 0 Å². The van der Waals surface area contributed by atoms with Crippen molar-refractivity contribution in [1.82, 2.24) is 9.97 Å². The van der Waals surface area contributed by atoms with Crippen LogP contribution in [-0.2, 0) is 5.54 Å². The van der Waals surface area contributed by atoms with E-state index in [1.54, 1.807) is 0 Å². The molecule has 1 heterocycles. The number of nitrogens with zero attached hydrogens (tertiary/aromatic N) is 1. The molecule has 0 bridgehead atoms. The minimum absolute atomic E-state index is 0.191. The van der Waals surface area contributed by atoms with Gasteiger partial charge in [-0.05, 0) is 56.5 Å². The number of nitrogens with one attached hydrogen (secondary N) is 1. The summed E-state index contributed by atoms with van der Waals surface area (Å²) in [5, 5.41) is 0. The zero-order valence-corrected chi connectivity index (χ0v) is 11.3. The van der Waals surface area contributed by atoms with Crippen LogP contribution in [0.5, 0.6) is 5.75 Å². The van der Waals surface area contributed by atoms with Crippen molar-refractivity contribution in [2.75, 3.05) is 0 Å². The number of H-pyrrole nitrogens is 1. The molecule has 3 rings (SSSR count). The van der Waals surface area contributed by atoms with Gasteiger partial charge in [-0.1, -0.05) is 0 Å². The van der Waals surface area contributed by atoms with Crippen molar-refractivity contribution < 1.29 is 4.74 Å². The second kappa shape index (κ2) is 4.38. The molecule has 0 amide bonds. The van der Waals surface area contributed by atoms with Crippen molar-refractivity contribution in [3.05, 3.63) is 36.3 Å². The number of rotatable bonds is 4. The summed E-state index contributed by atoms with van der Waals surface area (Å²) in [7, 11) is 0. The Morgan fingerprint density at radius 1 is 1.26 bits per heavy atom. The normalized spacial score (nSPS) is 16.6. The molecule has 0 unspecified atom stereocenters. The molecule has 19 heavy (non-hydrogen) atoms. The lowest BCUT2D eigenvalue weighted by Crippen LogP contribution is -2.20. The zero-order chi connectivity index (χ0) is 13.5. The van der Waals surface area contributed by atoms with E-state index in [-0.39, 0.29) is 11.6 Å². The Hall–Kier alpha value is -1.81. The molecular formula is C15H19N3O. The Balaban J connectivity index is 1.80. The number of ether oxygens (including phenoxy) is 1. The fourth-order valence-electron chi connectivity index (χ4n) is 2.08. The maximum absolute atomic E-state index is 6.12. The Bertz CT molecular complexity index is 567. The molecule has 1 aliphatic carbocycles. The van der Waals surface area contributed by atoms with Gasteiger partial charge in [-0.15, -0.1) is 0 Å². The van der Waals surface area contributed by atoms with Crippen LogP contribution >= 0.6 is 0 Å². The summed E-state index contributed by atoms with van der Waals surface area (Å²) in [5.41, 5.74) is 8.01. The molecule has 0 aliphatic heterocycles. The van der Waals surface area contributed by atoms with Gasteiger partial charge in [0.25, 0.3) is 0 Å². The Morgan fingerprint density at radius 3 is 2.53 bits per heavy atom. The predicted molar refractivity (Wildman–Crippen MR) is 74.9 cm³/mol. The molecular weight excluding hydrogens is 238 g/mol. The molecule has 0 spiro atoms. The molecule has 0 atom stereocenters. The van der Waals surface area contributed by atoms with Crippen molar-refractivity contribution in [3.63, 3.8) is 0 Å². The van der Waals surface area contributed by atoms with E-state index in [1.165, 1.54) is 0 Å². The number of hydrogen-bond donors (Lipinski definition) is 2. The molecule has 0 radical (unpaired) electrons. The maximum atomic E-state index is 6.12. The van der Waals surface area contributed by atoms with Crippen LogP contribution in [0.2, 0.25) is 0 Å². The zero-order valence-electron chi connectivity index (χ0n) is 11.3. The van der Waals surface area contributed by atoms with E-state index in [0.717, 1.165) is 35.7 Å². The number of imidazole rings is 1. The number of aromatic nitrogens is 2. The van der Waals surface area contributed by atoms with Crippen LogP contribution in [0.15, 0.2) is 30.5 Å². The summed E-state index contributed by atoms with van der Waals surface area (Å²) in [6, 6.07) is 8.02. The maximum Gasteiger partial charge on any atom is 0.126 e. The Kier molecular flexibility index (Phi) is 2.82. The number of aromatic amines is 1. The lowest BCUT2D eigenvalue weighted by Gasteiger charge is -2.09. The van der Waals surface area contributed by atoms with E-state index in [1.807, 2.05) is 44.3 Å². The van der Waals surface area contributed by atoms with Crippen LogP contribution in [0.3, 0.4) is 0 Å². The van der Waals surface area contributed by atoms with Crippen LogP contribution in [0.25, 0.3) is 11.3 Å². The molecule has 1 aromatic carbocycles. The van der Waals surface area contributed by atoms with E-state index >= 15 is 0 Å². The molecule has 4 nitrogen and oxygen atoms in total. The van der Waals surface area contributed by atoms with Crippen LogP contribution in [0, 0.1) is 0 Å². The second-order valence-electron chi connectivity index (χ2n) is 5.49. The first-order valence-corrected chi connectivity index (χ1v) is 6.68. The Morgan fingerprint density at radius 2 is 1.95 bits per heavy atom. The molecule has 1 fully saturated rings. The number of nitrogens with two attached hydrogens (primary N) is 1. The van der Waals surface area contributed by atoms with E-state index in [2.05, 4.69) is 9.97 Å². The summed E-state index contributed by atoms with van der Waals surface area (Å²) >= 11 is 0. The third-order valence-corrected chi connectivity index (χ3v) is 3.37. The van der Waals surface area contributed by atoms with Gasteiger partial charge in [0.15, 0.2) is 0 Å².